The number of amides is 3. The number of hydrogen-bond acceptors (Lipinski definition) is 4. The number of hydrogen-bond donors (Lipinski definition) is 2. The molecule has 134 valence electrons. The highest BCUT2D eigenvalue weighted by Crippen LogP contribution is 2.24. The Labute approximate surface area is 144 Å². The van der Waals surface area contributed by atoms with Crippen molar-refractivity contribution in [2.45, 2.75) is 39.5 Å². The van der Waals surface area contributed by atoms with E-state index in [1.54, 1.807) is 0 Å². The lowest BCUT2D eigenvalue weighted by Crippen LogP contribution is -2.45. The Hall–Kier alpha value is -2.08. The molecular weight excluding hydrogens is 306 g/mol. The predicted molar refractivity (Wildman–Crippen MR) is 95.1 cm³/mol. The van der Waals surface area contributed by atoms with E-state index < -0.39 is 6.03 Å². The normalized spacial score (nSPS) is 11.0. The van der Waals surface area contributed by atoms with Gasteiger partial charge in [-0.1, -0.05) is 32.9 Å². The first-order valence-corrected chi connectivity index (χ1v) is 8.25. The number of carbonyl (C=O) groups is 2. The molecule has 0 aromatic heterocycles. The Balaban J connectivity index is 2.31. The highest BCUT2D eigenvalue weighted by Gasteiger charge is 2.16. The van der Waals surface area contributed by atoms with Gasteiger partial charge in [0, 0.05) is 26.6 Å². The van der Waals surface area contributed by atoms with Crippen LogP contribution in [0, 0.1) is 0 Å². The van der Waals surface area contributed by atoms with E-state index in [4.69, 9.17) is 10.5 Å². The fourth-order valence-corrected chi connectivity index (χ4v) is 2.14. The van der Waals surface area contributed by atoms with Crippen LogP contribution in [0.15, 0.2) is 24.3 Å². The van der Waals surface area contributed by atoms with Gasteiger partial charge in [0.15, 0.2) is 0 Å². The summed E-state index contributed by atoms with van der Waals surface area (Å²) in [5.74, 6) is 0.496. The second-order valence-electron chi connectivity index (χ2n) is 6.67. The molecule has 0 aliphatic carbocycles. The van der Waals surface area contributed by atoms with Gasteiger partial charge in [-0.05, 0) is 29.5 Å². The average Bonchev–Trinajstić information content (AvgIpc) is 2.51. The van der Waals surface area contributed by atoms with E-state index in [9.17, 15) is 9.59 Å². The van der Waals surface area contributed by atoms with Crippen LogP contribution in [0.25, 0.3) is 0 Å². The van der Waals surface area contributed by atoms with Crippen molar-refractivity contribution < 1.29 is 14.3 Å². The van der Waals surface area contributed by atoms with Crippen molar-refractivity contribution in [1.29, 1.82) is 0 Å². The quantitative estimate of drug-likeness (QED) is 0.749. The van der Waals surface area contributed by atoms with Crippen LogP contribution in [0.1, 0.15) is 39.7 Å². The first-order valence-electron chi connectivity index (χ1n) is 8.25. The smallest absolute Gasteiger partial charge is 0.324 e. The first kappa shape index (κ1) is 20.0. The number of benzene rings is 1. The topological polar surface area (TPSA) is 84.7 Å². The molecule has 6 nitrogen and oxygen atoms in total. The van der Waals surface area contributed by atoms with Crippen LogP contribution in [0.2, 0.25) is 0 Å². The third-order valence-electron chi connectivity index (χ3n) is 3.56. The zero-order valence-corrected chi connectivity index (χ0v) is 15.1. The van der Waals surface area contributed by atoms with Crippen LogP contribution < -0.4 is 15.8 Å². The van der Waals surface area contributed by atoms with E-state index in [0.29, 0.717) is 19.6 Å². The number of carbonyl (C=O) groups excluding carboxylic acids is 2. The highest BCUT2D eigenvalue weighted by atomic mass is 16.5. The molecule has 0 aliphatic heterocycles. The summed E-state index contributed by atoms with van der Waals surface area (Å²) in [6.07, 6.45) is 0.654. The van der Waals surface area contributed by atoms with Gasteiger partial charge in [-0.25, -0.2) is 4.79 Å². The standard InChI is InChI=1S/C18H29N3O3/c1-14(22)21(12-10-19)17(23)20-11-5-13-24-16-8-6-15(7-9-16)18(2,3)4/h6-9H,5,10-13,19H2,1-4H3,(H,20,23). The van der Waals surface area contributed by atoms with Crippen LogP contribution in [0.5, 0.6) is 5.75 Å². The Morgan fingerprint density at radius 2 is 1.83 bits per heavy atom. The minimum Gasteiger partial charge on any atom is -0.494 e. The monoisotopic (exact) mass is 335 g/mol. The molecule has 1 aromatic rings. The van der Waals surface area contributed by atoms with Crippen molar-refractivity contribution in [3.63, 3.8) is 0 Å². The summed E-state index contributed by atoms with van der Waals surface area (Å²) in [4.78, 5) is 24.3. The molecule has 0 fully saturated rings. The van der Waals surface area contributed by atoms with Crippen LogP contribution in [0.3, 0.4) is 0 Å². The molecule has 3 amide bonds. The molecular formula is C18H29N3O3. The molecule has 1 rings (SSSR count). The highest BCUT2D eigenvalue weighted by molar-refractivity contribution is 5.93. The van der Waals surface area contributed by atoms with Crippen LogP contribution >= 0.6 is 0 Å². The number of imide groups is 1. The van der Waals surface area contributed by atoms with Gasteiger partial charge >= 0.3 is 6.03 Å². The number of urea groups is 1. The van der Waals surface area contributed by atoms with Crippen LogP contribution in [-0.2, 0) is 10.2 Å². The molecule has 0 radical (unpaired) electrons. The van der Waals surface area contributed by atoms with Crippen LogP contribution in [-0.4, -0.2) is 43.1 Å². The van der Waals surface area contributed by atoms with E-state index in [1.807, 2.05) is 12.1 Å². The first-order chi connectivity index (χ1) is 11.3. The minimum absolute atomic E-state index is 0.120. The molecule has 0 spiro atoms. The summed E-state index contributed by atoms with van der Waals surface area (Å²) in [6, 6.07) is 7.63. The lowest BCUT2D eigenvalue weighted by atomic mass is 9.87. The summed E-state index contributed by atoms with van der Waals surface area (Å²) in [5, 5.41) is 2.69. The Kier molecular flexibility index (Phi) is 7.71. The van der Waals surface area contributed by atoms with Gasteiger partial charge in [0.05, 0.1) is 6.61 Å². The van der Waals surface area contributed by atoms with E-state index in [0.717, 1.165) is 10.6 Å². The zero-order valence-electron chi connectivity index (χ0n) is 15.1. The minimum atomic E-state index is -0.414. The number of nitrogens with one attached hydrogen (secondary N) is 1. The lowest BCUT2D eigenvalue weighted by molar-refractivity contribution is -0.125. The van der Waals surface area contributed by atoms with Crippen molar-refractivity contribution >= 4 is 11.9 Å². The molecule has 0 aliphatic rings. The van der Waals surface area contributed by atoms with Gasteiger partial charge in [-0.3, -0.25) is 9.69 Å². The summed E-state index contributed by atoms with van der Waals surface area (Å²) in [7, 11) is 0. The molecule has 6 heteroatoms. The third-order valence-corrected chi connectivity index (χ3v) is 3.56. The maximum Gasteiger partial charge on any atom is 0.324 e. The maximum absolute atomic E-state index is 11.8. The van der Waals surface area contributed by atoms with Crippen molar-refractivity contribution in [2.24, 2.45) is 5.73 Å². The van der Waals surface area contributed by atoms with Crippen molar-refractivity contribution in [2.75, 3.05) is 26.2 Å². The number of nitrogens with two attached hydrogens (primary N) is 1. The molecule has 1 aromatic carbocycles. The van der Waals surface area contributed by atoms with E-state index in [1.165, 1.54) is 12.5 Å². The zero-order chi connectivity index (χ0) is 18.2. The SMILES string of the molecule is CC(=O)N(CCN)C(=O)NCCCOc1ccc(C(C)(C)C)cc1. The van der Waals surface area contributed by atoms with Crippen LogP contribution in [0.4, 0.5) is 4.79 Å². The fraction of sp³-hybridized carbons (Fsp3) is 0.556. The summed E-state index contributed by atoms with van der Waals surface area (Å²) in [6.45, 7) is 9.25. The average molecular weight is 335 g/mol. The molecule has 0 bridgehead atoms. The second-order valence-corrected chi connectivity index (χ2v) is 6.67. The fourth-order valence-electron chi connectivity index (χ4n) is 2.14. The Morgan fingerprint density at radius 1 is 1.21 bits per heavy atom. The third kappa shape index (κ3) is 6.58. The van der Waals surface area contributed by atoms with Gasteiger partial charge in [0.2, 0.25) is 5.91 Å². The molecule has 24 heavy (non-hydrogen) atoms. The molecule has 0 atom stereocenters. The second kappa shape index (κ2) is 9.27. The molecule has 0 saturated carbocycles. The Morgan fingerprint density at radius 3 is 2.33 bits per heavy atom. The van der Waals surface area contributed by atoms with Gasteiger partial charge in [0.25, 0.3) is 0 Å². The van der Waals surface area contributed by atoms with E-state index in [-0.39, 0.29) is 24.4 Å². The molecule has 0 saturated heterocycles. The van der Waals surface area contributed by atoms with E-state index in [2.05, 4.69) is 38.2 Å². The van der Waals surface area contributed by atoms with E-state index >= 15 is 0 Å². The molecule has 3 N–H and O–H groups in total. The molecule has 0 unspecified atom stereocenters. The van der Waals surface area contributed by atoms with Crippen molar-refractivity contribution in [3.8, 4) is 5.75 Å². The number of rotatable bonds is 7. The van der Waals surface area contributed by atoms with Crippen molar-refractivity contribution in [3.05, 3.63) is 29.8 Å². The predicted octanol–water partition coefficient (Wildman–Crippen LogP) is 2.27. The maximum atomic E-state index is 11.8. The van der Waals surface area contributed by atoms with Gasteiger partial charge < -0.3 is 15.8 Å². The molecule has 0 heterocycles. The Bertz CT molecular complexity index is 535. The number of nitrogens with zero attached hydrogens (tertiary/aromatic N) is 1. The van der Waals surface area contributed by atoms with Gasteiger partial charge in [-0.15, -0.1) is 0 Å². The number of ether oxygens (including phenoxy) is 1. The van der Waals surface area contributed by atoms with Gasteiger partial charge in [-0.2, -0.15) is 0 Å². The van der Waals surface area contributed by atoms with Gasteiger partial charge in [0.1, 0.15) is 5.75 Å². The lowest BCUT2D eigenvalue weighted by Gasteiger charge is -2.19. The summed E-state index contributed by atoms with van der Waals surface area (Å²) in [5.41, 5.74) is 6.77. The summed E-state index contributed by atoms with van der Waals surface area (Å²) < 4.78 is 5.66. The summed E-state index contributed by atoms with van der Waals surface area (Å²) >= 11 is 0. The largest absolute Gasteiger partial charge is 0.494 e. The van der Waals surface area contributed by atoms with Crippen molar-refractivity contribution in [1.82, 2.24) is 10.2 Å².